The first kappa shape index (κ1) is 14.5. The van der Waals surface area contributed by atoms with Crippen LogP contribution in [0.3, 0.4) is 0 Å². The van der Waals surface area contributed by atoms with Crippen molar-refractivity contribution in [1.29, 1.82) is 0 Å². The zero-order chi connectivity index (χ0) is 16.0. The van der Waals surface area contributed by atoms with Crippen LogP contribution in [-0.2, 0) is 5.41 Å². The molecule has 1 aromatic heterocycles. The normalized spacial score (nSPS) is 18.4. The van der Waals surface area contributed by atoms with Gasteiger partial charge >= 0.3 is 0 Å². The smallest absolute Gasteiger partial charge is 0.267 e. The molecule has 2 heterocycles. The van der Waals surface area contributed by atoms with Crippen LogP contribution in [0, 0.1) is 0 Å². The summed E-state index contributed by atoms with van der Waals surface area (Å²) in [5.41, 5.74) is 8.83. The molecule has 1 amide bonds. The third-order valence-corrected chi connectivity index (χ3v) is 5.40. The van der Waals surface area contributed by atoms with Crippen LogP contribution >= 0.6 is 11.6 Å². The highest BCUT2D eigenvalue weighted by Gasteiger charge is 2.46. The van der Waals surface area contributed by atoms with Crippen LogP contribution in [0.2, 0.25) is 5.02 Å². The van der Waals surface area contributed by atoms with E-state index in [9.17, 15) is 4.79 Å². The van der Waals surface area contributed by atoms with Crippen molar-refractivity contribution in [1.82, 2.24) is 4.98 Å². The SMILES string of the molecule is NC(=O)c1ccc2c(n1)C1(CCCC1)CN2c1ccccc1Cl. The number of pyridine rings is 1. The highest BCUT2D eigenvalue weighted by molar-refractivity contribution is 6.33. The first-order valence-corrected chi connectivity index (χ1v) is 8.32. The van der Waals surface area contributed by atoms with E-state index in [0.29, 0.717) is 5.69 Å². The van der Waals surface area contributed by atoms with E-state index in [0.717, 1.165) is 41.5 Å². The van der Waals surface area contributed by atoms with Crippen molar-refractivity contribution < 1.29 is 4.79 Å². The number of rotatable bonds is 2. The van der Waals surface area contributed by atoms with E-state index in [-0.39, 0.29) is 5.41 Å². The van der Waals surface area contributed by atoms with E-state index in [1.165, 1.54) is 12.8 Å². The lowest BCUT2D eigenvalue weighted by Crippen LogP contribution is -2.29. The van der Waals surface area contributed by atoms with Gasteiger partial charge in [0.15, 0.2) is 0 Å². The molecule has 1 fully saturated rings. The molecule has 0 unspecified atom stereocenters. The largest absolute Gasteiger partial charge is 0.364 e. The second-order valence-corrected chi connectivity index (χ2v) is 6.86. The van der Waals surface area contributed by atoms with Crippen LogP contribution in [0.4, 0.5) is 11.4 Å². The third kappa shape index (κ3) is 2.20. The summed E-state index contributed by atoms with van der Waals surface area (Å²) in [5, 5.41) is 0.729. The molecule has 0 atom stereocenters. The maximum absolute atomic E-state index is 11.5. The van der Waals surface area contributed by atoms with E-state index in [2.05, 4.69) is 9.88 Å². The lowest BCUT2D eigenvalue weighted by molar-refractivity contribution is 0.0995. The molecule has 2 aliphatic rings. The molecule has 1 aliphatic carbocycles. The fourth-order valence-corrected chi connectivity index (χ4v) is 4.23. The van der Waals surface area contributed by atoms with Crippen LogP contribution in [0.15, 0.2) is 36.4 Å². The van der Waals surface area contributed by atoms with Gasteiger partial charge in [0.25, 0.3) is 5.91 Å². The average molecular weight is 328 g/mol. The first-order valence-electron chi connectivity index (χ1n) is 7.94. The minimum Gasteiger partial charge on any atom is -0.364 e. The van der Waals surface area contributed by atoms with E-state index in [1.54, 1.807) is 6.07 Å². The molecular formula is C18H18ClN3O. The highest BCUT2D eigenvalue weighted by atomic mass is 35.5. The van der Waals surface area contributed by atoms with Crippen LogP contribution in [0.5, 0.6) is 0 Å². The van der Waals surface area contributed by atoms with Gasteiger partial charge in [0.05, 0.1) is 22.1 Å². The van der Waals surface area contributed by atoms with Gasteiger partial charge in [-0.05, 0) is 37.1 Å². The zero-order valence-corrected chi connectivity index (χ0v) is 13.5. The predicted octanol–water partition coefficient (Wildman–Crippen LogP) is 3.80. The molecule has 0 bridgehead atoms. The summed E-state index contributed by atoms with van der Waals surface area (Å²) in [7, 11) is 0. The summed E-state index contributed by atoms with van der Waals surface area (Å²) in [6.07, 6.45) is 4.57. The van der Waals surface area contributed by atoms with Gasteiger partial charge in [0.1, 0.15) is 5.69 Å². The number of nitrogens with two attached hydrogens (primary N) is 1. The van der Waals surface area contributed by atoms with Gasteiger partial charge in [-0.25, -0.2) is 4.98 Å². The number of primary amides is 1. The number of carbonyl (C=O) groups is 1. The Hall–Kier alpha value is -2.07. The van der Waals surface area contributed by atoms with Crippen molar-refractivity contribution in [2.24, 2.45) is 5.73 Å². The molecule has 0 saturated heterocycles. The fraction of sp³-hybridized carbons (Fsp3) is 0.333. The van der Waals surface area contributed by atoms with Gasteiger partial charge in [-0.15, -0.1) is 0 Å². The van der Waals surface area contributed by atoms with Gasteiger partial charge in [0, 0.05) is 12.0 Å². The predicted molar refractivity (Wildman–Crippen MR) is 91.4 cm³/mol. The summed E-state index contributed by atoms with van der Waals surface area (Å²) in [6, 6.07) is 11.5. The summed E-state index contributed by atoms with van der Waals surface area (Å²) in [5.74, 6) is -0.475. The Morgan fingerprint density at radius 3 is 2.57 bits per heavy atom. The number of amides is 1. The summed E-state index contributed by atoms with van der Waals surface area (Å²) < 4.78 is 0. The topological polar surface area (TPSA) is 59.2 Å². The second-order valence-electron chi connectivity index (χ2n) is 6.45. The fourth-order valence-electron chi connectivity index (χ4n) is 3.99. The van der Waals surface area contributed by atoms with Crippen molar-refractivity contribution in [3.63, 3.8) is 0 Å². The lowest BCUT2D eigenvalue weighted by atomic mass is 9.84. The molecule has 1 saturated carbocycles. The molecule has 4 rings (SSSR count). The summed E-state index contributed by atoms with van der Waals surface area (Å²) in [6.45, 7) is 0.862. The minimum absolute atomic E-state index is 0.0139. The molecule has 1 spiro atoms. The van der Waals surface area contributed by atoms with E-state index < -0.39 is 5.91 Å². The maximum atomic E-state index is 11.5. The van der Waals surface area contributed by atoms with Gasteiger partial charge < -0.3 is 10.6 Å². The molecule has 1 aliphatic heterocycles. The lowest BCUT2D eigenvalue weighted by Gasteiger charge is -2.25. The Kier molecular flexibility index (Phi) is 3.31. The number of hydrogen-bond acceptors (Lipinski definition) is 3. The number of aromatic nitrogens is 1. The monoisotopic (exact) mass is 327 g/mol. The number of para-hydroxylation sites is 1. The van der Waals surface area contributed by atoms with E-state index in [4.69, 9.17) is 17.3 Å². The number of carbonyl (C=O) groups excluding carboxylic acids is 1. The highest BCUT2D eigenvalue weighted by Crippen LogP contribution is 2.52. The number of anilines is 2. The minimum atomic E-state index is -0.475. The van der Waals surface area contributed by atoms with Crippen molar-refractivity contribution >= 4 is 28.9 Å². The molecule has 2 aromatic rings. The van der Waals surface area contributed by atoms with Gasteiger partial charge in [-0.2, -0.15) is 0 Å². The van der Waals surface area contributed by atoms with Crippen molar-refractivity contribution in [2.75, 3.05) is 11.4 Å². The molecule has 118 valence electrons. The molecule has 2 N–H and O–H groups in total. The standard InChI is InChI=1S/C18H18ClN3O/c19-12-5-1-2-6-14(12)22-11-18(9-3-4-10-18)16-15(22)8-7-13(21-16)17(20)23/h1-2,5-8H,3-4,9-11H2,(H2,20,23). The van der Waals surface area contributed by atoms with E-state index >= 15 is 0 Å². The Bertz CT molecular complexity index is 784. The van der Waals surface area contributed by atoms with Gasteiger partial charge in [-0.3, -0.25) is 4.79 Å². The number of fused-ring (bicyclic) bond motifs is 2. The second kappa shape index (κ2) is 5.24. The molecule has 5 heteroatoms. The average Bonchev–Trinajstić information content (AvgIpc) is 3.14. The van der Waals surface area contributed by atoms with Crippen molar-refractivity contribution in [3.8, 4) is 0 Å². The number of halogens is 1. The quantitative estimate of drug-likeness (QED) is 0.912. The van der Waals surface area contributed by atoms with Gasteiger partial charge in [-0.1, -0.05) is 36.6 Å². The molecule has 4 nitrogen and oxygen atoms in total. The van der Waals surface area contributed by atoms with Crippen molar-refractivity contribution in [2.45, 2.75) is 31.1 Å². The Morgan fingerprint density at radius 2 is 1.87 bits per heavy atom. The maximum Gasteiger partial charge on any atom is 0.267 e. The first-order chi connectivity index (χ1) is 11.1. The van der Waals surface area contributed by atoms with Crippen molar-refractivity contribution in [3.05, 3.63) is 52.8 Å². The van der Waals surface area contributed by atoms with E-state index in [1.807, 2.05) is 30.3 Å². The summed E-state index contributed by atoms with van der Waals surface area (Å²) in [4.78, 5) is 18.4. The third-order valence-electron chi connectivity index (χ3n) is 5.08. The van der Waals surface area contributed by atoms with Crippen LogP contribution in [-0.4, -0.2) is 17.4 Å². The summed E-state index contributed by atoms with van der Waals surface area (Å²) >= 11 is 6.41. The van der Waals surface area contributed by atoms with Crippen LogP contribution < -0.4 is 10.6 Å². The molecular weight excluding hydrogens is 310 g/mol. The Balaban J connectivity index is 1.88. The van der Waals surface area contributed by atoms with Gasteiger partial charge in [0.2, 0.25) is 0 Å². The Labute approximate surface area is 140 Å². The van der Waals surface area contributed by atoms with Crippen LogP contribution in [0.1, 0.15) is 41.9 Å². The number of hydrogen-bond donors (Lipinski definition) is 1. The zero-order valence-electron chi connectivity index (χ0n) is 12.8. The molecule has 23 heavy (non-hydrogen) atoms. The molecule has 1 aromatic carbocycles. The number of benzene rings is 1. The Morgan fingerprint density at radius 1 is 1.13 bits per heavy atom. The van der Waals surface area contributed by atoms with Crippen LogP contribution in [0.25, 0.3) is 0 Å². The molecule has 0 radical (unpaired) electrons. The number of nitrogens with zero attached hydrogens (tertiary/aromatic N) is 2.